The van der Waals surface area contributed by atoms with Gasteiger partial charge in [-0.15, -0.1) is 0 Å². The maximum Gasteiger partial charge on any atom is 0.213 e. The first-order chi connectivity index (χ1) is 7.79. The Balaban J connectivity index is 1.95. The van der Waals surface area contributed by atoms with E-state index in [0.29, 0.717) is 17.4 Å². The molecule has 0 aromatic carbocycles. The molecule has 0 atom stereocenters. The molecule has 0 aliphatic heterocycles. The predicted molar refractivity (Wildman–Crippen MR) is 64.8 cm³/mol. The summed E-state index contributed by atoms with van der Waals surface area (Å²) in [6.07, 6.45) is 2.58. The largest absolute Gasteiger partial charge is 0.477 e. The summed E-state index contributed by atoms with van der Waals surface area (Å²) >= 11 is 6.05. The molecule has 3 nitrogen and oxygen atoms in total. The molecular weight excluding hydrogens is 224 g/mol. The summed E-state index contributed by atoms with van der Waals surface area (Å²) in [5.41, 5.74) is 0.858. The van der Waals surface area contributed by atoms with Gasteiger partial charge in [-0.1, -0.05) is 18.5 Å². The smallest absolute Gasteiger partial charge is 0.213 e. The molecule has 0 unspecified atom stereocenters. The Labute approximate surface area is 101 Å². The number of ether oxygens (including phenoxy) is 1. The average molecular weight is 241 g/mol. The van der Waals surface area contributed by atoms with Crippen LogP contribution in [0.2, 0.25) is 5.02 Å². The molecule has 1 aromatic rings. The fraction of sp³-hybridized carbons (Fsp3) is 0.583. The summed E-state index contributed by atoms with van der Waals surface area (Å²) in [6, 6.07) is 3.68. The van der Waals surface area contributed by atoms with Crippen LogP contribution in [0.15, 0.2) is 12.1 Å². The maximum absolute atomic E-state index is 6.05. The molecule has 1 N–H and O–H groups in total. The van der Waals surface area contributed by atoms with Gasteiger partial charge in [-0.25, -0.2) is 4.98 Å². The second-order valence-corrected chi connectivity index (χ2v) is 4.52. The van der Waals surface area contributed by atoms with Gasteiger partial charge >= 0.3 is 0 Å². The molecule has 1 aliphatic carbocycles. The number of nitrogens with one attached hydrogen (secondary N) is 1. The molecule has 88 valence electrons. The molecule has 1 saturated carbocycles. The molecule has 0 bridgehead atoms. The molecule has 0 radical (unpaired) electrons. The molecule has 0 amide bonds. The second kappa shape index (κ2) is 5.51. The SMILES string of the molecule is CCNCc1nc(OCC2CC2)ccc1Cl. The van der Waals surface area contributed by atoms with Crippen molar-refractivity contribution in [2.24, 2.45) is 5.92 Å². The van der Waals surface area contributed by atoms with Gasteiger partial charge in [0, 0.05) is 12.6 Å². The topological polar surface area (TPSA) is 34.2 Å². The molecule has 1 fully saturated rings. The van der Waals surface area contributed by atoms with Crippen LogP contribution in [0.1, 0.15) is 25.5 Å². The molecular formula is C12H17ClN2O. The van der Waals surface area contributed by atoms with Crippen molar-refractivity contribution in [2.45, 2.75) is 26.3 Å². The average Bonchev–Trinajstić information content (AvgIpc) is 3.10. The van der Waals surface area contributed by atoms with E-state index >= 15 is 0 Å². The molecule has 16 heavy (non-hydrogen) atoms. The lowest BCUT2D eigenvalue weighted by Gasteiger charge is -2.08. The number of hydrogen-bond acceptors (Lipinski definition) is 3. The number of aromatic nitrogens is 1. The van der Waals surface area contributed by atoms with E-state index in [9.17, 15) is 0 Å². The number of halogens is 1. The minimum Gasteiger partial charge on any atom is -0.477 e. The minimum absolute atomic E-state index is 0.684. The van der Waals surface area contributed by atoms with Gasteiger partial charge in [-0.2, -0.15) is 0 Å². The molecule has 4 heteroatoms. The van der Waals surface area contributed by atoms with Crippen molar-refractivity contribution in [3.63, 3.8) is 0 Å². The van der Waals surface area contributed by atoms with Crippen LogP contribution in [0.5, 0.6) is 5.88 Å². The Bertz CT molecular complexity index is 353. The Morgan fingerprint density at radius 3 is 3.00 bits per heavy atom. The highest BCUT2D eigenvalue weighted by Gasteiger charge is 2.22. The van der Waals surface area contributed by atoms with Crippen LogP contribution in [0.25, 0.3) is 0 Å². The molecule has 0 saturated heterocycles. The summed E-state index contributed by atoms with van der Waals surface area (Å²) < 4.78 is 5.61. The second-order valence-electron chi connectivity index (χ2n) is 4.11. The van der Waals surface area contributed by atoms with E-state index in [1.54, 1.807) is 0 Å². The van der Waals surface area contributed by atoms with Gasteiger partial charge in [0.1, 0.15) is 0 Å². The lowest BCUT2D eigenvalue weighted by Crippen LogP contribution is -2.14. The number of hydrogen-bond donors (Lipinski definition) is 1. The van der Waals surface area contributed by atoms with Crippen molar-refractivity contribution >= 4 is 11.6 Å². The van der Waals surface area contributed by atoms with Crippen LogP contribution in [-0.4, -0.2) is 18.1 Å². The van der Waals surface area contributed by atoms with E-state index < -0.39 is 0 Å². The summed E-state index contributed by atoms with van der Waals surface area (Å²) in [6.45, 7) is 4.44. The summed E-state index contributed by atoms with van der Waals surface area (Å²) in [4.78, 5) is 4.39. The van der Waals surface area contributed by atoms with E-state index in [4.69, 9.17) is 16.3 Å². The standard InChI is InChI=1S/C12H17ClN2O/c1-2-14-7-11-10(13)5-6-12(15-11)16-8-9-3-4-9/h5-6,9,14H,2-4,7-8H2,1H3. The Hall–Kier alpha value is -0.800. The van der Waals surface area contributed by atoms with E-state index in [1.165, 1.54) is 12.8 Å². The fourth-order valence-electron chi connectivity index (χ4n) is 1.40. The zero-order valence-corrected chi connectivity index (χ0v) is 10.3. The summed E-state index contributed by atoms with van der Waals surface area (Å²) in [5, 5.41) is 3.90. The van der Waals surface area contributed by atoms with Gasteiger partial charge in [0.2, 0.25) is 5.88 Å². The lowest BCUT2D eigenvalue weighted by atomic mass is 10.3. The van der Waals surface area contributed by atoms with Gasteiger partial charge < -0.3 is 10.1 Å². The highest BCUT2D eigenvalue weighted by molar-refractivity contribution is 6.31. The Morgan fingerprint density at radius 1 is 1.50 bits per heavy atom. The van der Waals surface area contributed by atoms with Crippen molar-refractivity contribution < 1.29 is 4.74 Å². The van der Waals surface area contributed by atoms with Crippen molar-refractivity contribution in [1.82, 2.24) is 10.3 Å². The summed E-state index contributed by atoms with van der Waals surface area (Å²) in [5.74, 6) is 1.43. The van der Waals surface area contributed by atoms with Crippen molar-refractivity contribution in [1.29, 1.82) is 0 Å². The van der Waals surface area contributed by atoms with E-state index in [2.05, 4.69) is 17.2 Å². The predicted octanol–water partition coefficient (Wildman–Crippen LogP) is 2.63. The van der Waals surface area contributed by atoms with E-state index in [0.717, 1.165) is 24.8 Å². The zero-order valence-electron chi connectivity index (χ0n) is 9.50. The molecule has 1 aromatic heterocycles. The monoisotopic (exact) mass is 240 g/mol. The number of nitrogens with zero attached hydrogens (tertiary/aromatic N) is 1. The lowest BCUT2D eigenvalue weighted by molar-refractivity contribution is 0.287. The van der Waals surface area contributed by atoms with Gasteiger partial charge in [0.15, 0.2) is 0 Å². The van der Waals surface area contributed by atoms with E-state index in [-0.39, 0.29) is 0 Å². The van der Waals surface area contributed by atoms with Crippen LogP contribution in [0.4, 0.5) is 0 Å². The highest BCUT2D eigenvalue weighted by atomic mass is 35.5. The normalized spacial score (nSPS) is 15.1. The number of pyridine rings is 1. The highest BCUT2D eigenvalue weighted by Crippen LogP contribution is 2.29. The first-order valence-corrected chi connectivity index (χ1v) is 6.16. The Kier molecular flexibility index (Phi) is 4.02. The van der Waals surface area contributed by atoms with E-state index in [1.807, 2.05) is 12.1 Å². The van der Waals surface area contributed by atoms with Crippen LogP contribution < -0.4 is 10.1 Å². The summed E-state index contributed by atoms with van der Waals surface area (Å²) in [7, 11) is 0. The van der Waals surface area contributed by atoms with Crippen molar-refractivity contribution in [3.05, 3.63) is 22.8 Å². The number of rotatable bonds is 6. The Morgan fingerprint density at radius 2 is 2.31 bits per heavy atom. The third-order valence-electron chi connectivity index (χ3n) is 2.60. The van der Waals surface area contributed by atoms with Crippen LogP contribution in [-0.2, 0) is 6.54 Å². The molecule has 2 rings (SSSR count). The maximum atomic E-state index is 6.05. The van der Waals surface area contributed by atoms with Crippen LogP contribution in [0, 0.1) is 5.92 Å². The van der Waals surface area contributed by atoms with Gasteiger partial charge in [0.05, 0.1) is 17.3 Å². The van der Waals surface area contributed by atoms with Gasteiger partial charge in [0.25, 0.3) is 0 Å². The van der Waals surface area contributed by atoms with Gasteiger partial charge in [-0.05, 0) is 31.4 Å². The van der Waals surface area contributed by atoms with Crippen LogP contribution in [0.3, 0.4) is 0 Å². The quantitative estimate of drug-likeness (QED) is 0.830. The van der Waals surface area contributed by atoms with Crippen molar-refractivity contribution in [2.75, 3.05) is 13.2 Å². The van der Waals surface area contributed by atoms with Gasteiger partial charge in [-0.3, -0.25) is 0 Å². The van der Waals surface area contributed by atoms with Crippen LogP contribution >= 0.6 is 11.6 Å². The molecule has 0 spiro atoms. The molecule has 1 heterocycles. The minimum atomic E-state index is 0.684. The van der Waals surface area contributed by atoms with Crippen molar-refractivity contribution in [3.8, 4) is 5.88 Å². The fourth-order valence-corrected chi connectivity index (χ4v) is 1.57. The third kappa shape index (κ3) is 3.35. The first-order valence-electron chi connectivity index (χ1n) is 5.78. The zero-order chi connectivity index (χ0) is 11.4. The molecule has 1 aliphatic rings. The third-order valence-corrected chi connectivity index (χ3v) is 2.94. The first kappa shape index (κ1) is 11.7.